The van der Waals surface area contributed by atoms with Gasteiger partial charge in [0.2, 0.25) is 9.84 Å². The number of para-hydroxylation sites is 1. The normalized spacial score (nSPS) is 11.8. The molecule has 8 heteroatoms. The largest absolute Gasteiger partial charge is 0.380 e. The molecular weight excluding hydrogens is 288 g/mol. The van der Waals surface area contributed by atoms with E-state index < -0.39 is 20.5 Å². The maximum absolute atomic E-state index is 12.6. The zero-order valence-electron chi connectivity index (χ0n) is 10.6. The van der Waals surface area contributed by atoms with Crippen LogP contribution in [0.15, 0.2) is 41.6 Å². The van der Waals surface area contributed by atoms with Crippen molar-refractivity contribution in [2.45, 2.75) is 17.2 Å². The fraction of sp³-hybridized carbons (Fsp3) is 0.250. The number of aryl methyl sites for hydroxylation is 1. The Balaban J connectivity index is 2.25. The summed E-state index contributed by atoms with van der Waals surface area (Å²) in [6.07, 6.45) is 3.36. The van der Waals surface area contributed by atoms with Gasteiger partial charge in [0.25, 0.3) is 0 Å². The van der Waals surface area contributed by atoms with Crippen molar-refractivity contribution in [3.8, 4) is 0 Å². The van der Waals surface area contributed by atoms with Crippen molar-refractivity contribution in [1.82, 2.24) is 9.78 Å². The Bertz CT molecular complexity index is 698. The number of anilines is 1. The predicted molar refractivity (Wildman–Crippen MR) is 70.2 cm³/mol. The summed E-state index contributed by atoms with van der Waals surface area (Å²) >= 11 is 0. The van der Waals surface area contributed by atoms with Crippen LogP contribution in [0.5, 0.6) is 0 Å². The van der Waals surface area contributed by atoms with Crippen molar-refractivity contribution >= 4 is 15.5 Å². The van der Waals surface area contributed by atoms with Crippen molar-refractivity contribution < 1.29 is 17.2 Å². The summed E-state index contributed by atoms with van der Waals surface area (Å²) in [7, 11) is -2.87. The third-order valence-corrected chi connectivity index (χ3v) is 4.11. The topological polar surface area (TPSA) is 64.0 Å². The van der Waals surface area contributed by atoms with Crippen molar-refractivity contribution in [3.05, 3.63) is 42.2 Å². The van der Waals surface area contributed by atoms with E-state index in [0.717, 1.165) is 11.6 Å². The molecule has 1 N–H and O–H groups in total. The minimum Gasteiger partial charge on any atom is -0.380 e. The van der Waals surface area contributed by atoms with E-state index >= 15 is 0 Å². The summed E-state index contributed by atoms with van der Waals surface area (Å²) in [5.74, 6) is -3.44. The maximum atomic E-state index is 12.6. The summed E-state index contributed by atoms with van der Waals surface area (Å²) < 4.78 is 50.0. The van der Waals surface area contributed by atoms with E-state index in [9.17, 15) is 17.2 Å². The van der Waals surface area contributed by atoms with E-state index in [0.29, 0.717) is 6.54 Å². The molecule has 0 bridgehead atoms. The lowest BCUT2D eigenvalue weighted by atomic mass is 10.3. The summed E-state index contributed by atoms with van der Waals surface area (Å²) in [6, 6.07) is 5.60. The van der Waals surface area contributed by atoms with Gasteiger partial charge in [0.1, 0.15) is 0 Å². The highest BCUT2D eigenvalue weighted by Gasteiger charge is 2.28. The average molecular weight is 301 g/mol. The van der Waals surface area contributed by atoms with E-state index in [1.807, 2.05) is 0 Å². The predicted octanol–water partition coefficient (Wildman–Crippen LogP) is 2.03. The first kappa shape index (κ1) is 14.4. The Morgan fingerprint density at radius 2 is 2.05 bits per heavy atom. The number of halogens is 2. The van der Waals surface area contributed by atoms with Crippen LogP contribution in [0, 0.1) is 0 Å². The number of nitrogens with one attached hydrogen (secondary N) is 1. The maximum Gasteiger partial charge on any atom is 0.341 e. The molecule has 108 valence electrons. The number of benzene rings is 1. The molecule has 0 fully saturated rings. The molecule has 0 spiro atoms. The Morgan fingerprint density at radius 1 is 1.35 bits per heavy atom. The highest BCUT2D eigenvalue weighted by atomic mass is 32.2. The van der Waals surface area contributed by atoms with Gasteiger partial charge in [-0.1, -0.05) is 12.1 Å². The molecule has 0 aliphatic carbocycles. The molecule has 1 aromatic carbocycles. The summed E-state index contributed by atoms with van der Waals surface area (Å²) in [5, 5.41) is 6.80. The van der Waals surface area contributed by atoms with Gasteiger partial charge < -0.3 is 5.32 Å². The molecule has 20 heavy (non-hydrogen) atoms. The molecule has 0 aliphatic heterocycles. The smallest absolute Gasteiger partial charge is 0.341 e. The van der Waals surface area contributed by atoms with E-state index in [4.69, 9.17) is 0 Å². The molecule has 0 unspecified atom stereocenters. The SMILES string of the molecule is Cn1cc(CNc2ccccc2S(=O)(=O)C(F)F)cn1. The van der Waals surface area contributed by atoms with Crippen LogP contribution in [0.3, 0.4) is 0 Å². The second-order valence-corrected chi connectivity index (χ2v) is 6.06. The van der Waals surface area contributed by atoms with Gasteiger partial charge in [0.15, 0.2) is 0 Å². The quantitative estimate of drug-likeness (QED) is 0.918. The van der Waals surface area contributed by atoms with Gasteiger partial charge in [-0.25, -0.2) is 8.42 Å². The lowest BCUT2D eigenvalue weighted by Gasteiger charge is -2.11. The minimum atomic E-state index is -4.62. The van der Waals surface area contributed by atoms with Crippen molar-refractivity contribution in [3.63, 3.8) is 0 Å². The molecular formula is C12H13F2N3O2S. The first-order valence-electron chi connectivity index (χ1n) is 5.74. The van der Waals surface area contributed by atoms with Gasteiger partial charge in [-0.05, 0) is 12.1 Å². The van der Waals surface area contributed by atoms with Gasteiger partial charge >= 0.3 is 5.76 Å². The number of hydrogen-bond donors (Lipinski definition) is 1. The molecule has 2 aromatic rings. The standard InChI is InChI=1S/C12H13F2N3O2S/c1-17-8-9(7-16-17)6-15-10-4-2-3-5-11(10)20(18,19)12(13)14/h2-5,7-8,12,15H,6H2,1H3. The lowest BCUT2D eigenvalue weighted by Crippen LogP contribution is -2.14. The van der Waals surface area contributed by atoms with Gasteiger partial charge in [-0.2, -0.15) is 13.9 Å². The molecule has 0 radical (unpaired) electrons. The first-order valence-corrected chi connectivity index (χ1v) is 7.28. The Labute approximate surface area is 115 Å². The van der Waals surface area contributed by atoms with Gasteiger partial charge in [0, 0.05) is 25.4 Å². The number of aromatic nitrogens is 2. The Morgan fingerprint density at radius 3 is 2.65 bits per heavy atom. The molecule has 0 saturated carbocycles. The highest BCUT2D eigenvalue weighted by molar-refractivity contribution is 7.91. The van der Waals surface area contributed by atoms with Gasteiger partial charge in [0.05, 0.1) is 16.8 Å². The van der Waals surface area contributed by atoms with Crippen LogP contribution in [0.1, 0.15) is 5.56 Å². The van der Waals surface area contributed by atoms with Crippen LogP contribution in [0.25, 0.3) is 0 Å². The second-order valence-electron chi connectivity index (χ2n) is 4.18. The molecule has 1 heterocycles. The molecule has 5 nitrogen and oxygen atoms in total. The van der Waals surface area contributed by atoms with Crippen LogP contribution in [-0.2, 0) is 23.4 Å². The van der Waals surface area contributed by atoms with Crippen LogP contribution < -0.4 is 5.32 Å². The number of hydrogen-bond acceptors (Lipinski definition) is 4. The monoisotopic (exact) mass is 301 g/mol. The summed E-state index contributed by atoms with van der Waals surface area (Å²) in [4.78, 5) is -0.404. The van der Waals surface area contributed by atoms with Gasteiger partial charge in [-0.3, -0.25) is 4.68 Å². The molecule has 0 atom stereocenters. The minimum absolute atomic E-state index is 0.150. The summed E-state index contributed by atoms with van der Waals surface area (Å²) in [6.45, 7) is 0.295. The van der Waals surface area contributed by atoms with Crippen molar-refractivity contribution in [2.24, 2.45) is 7.05 Å². The zero-order valence-corrected chi connectivity index (χ0v) is 11.4. The van der Waals surface area contributed by atoms with Crippen LogP contribution >= 0.6 is 0 Å². The van der Waals surface area contributed by atoms with E-state index in [1.165, 1.54) is 12.1 Å². The summed E-state index contributed by atoms with van der Waals surface area (Å²) in [5.41, 5.74) is 0.966. The lowest BCUT2D eigenvalue weighted by molar-refractivity contribution is 0.235. The zero-order chi connectivity index (χ0) is 14.8. The highest BCUT2D eigenvalue weighted by Crippen LogP contribution is 2.26. The van der Waals surface area contributed by atoms with Crippen LogP contribution in [0.4, 0.5) is 14.5 Å². The molecule has 0 aliphatic rings. The van der Waals surface area contributed by atoms with E-state index in [1.54, 1.807) is 30.2 Å². The van der Waals surface area contributed by atoms with Crippen LogP contribution in [0.2, 0.25) is 0 Å². The molecule has 0 saturated heterocycles. The number of alkyl halides is 2. The Kier molecular flexibility index (Phi) is 4.03. The fourth-order valence-corrected chi connectivity index (χ4v) is 2.62. The third kappa shape index (κ3) is 2.96. The molecule has 1 aromatic heterocycles. The van der Waals surface area contributed by atoms with Crippen molar-refractivity contribution in [2.75, 3.05) is 5.32 Å². The molecule has 0 amide bonds. The average Bonchev–Trinajstić information content (AvgIpc) is 2.82. The molecule has 2 rings (SSSR count). The second kappa shape index (κ2) is 5.58. The Hall–Kier alpha value is -1.96. The first-order chi connectivity index (χ1) is 9.41. The third-order valence-electron chi connectivity index (χ3n) is 2.67. The number of sulfone groups is 1. The van der Waals surface area contributed by atoms with E-state index in [2.05, 4.69) is 10.4 Å². The number of rotatable bonds is 5. The van der Waals surface area contributed by atoms with Crippen molar-refractivity contribution in [1.29, 1.82) is 0 Å². The van der Waals surface area contributed by atoms with Gasteiger partial charge in [-0.15, -0.1) is 0 Å². The number of nitrogens with zero attached hydrogens (tertiary/aromatic N) is 2. The van der Waals surface area contributed by atoms with Crippen LogP contribution in [-0.4, -0.2) is 24.0 Å². The fourth-order valence-electron chi connectivity index (χ4n) is 1.72. The van der Waals surface area contributed by atoms with E-state index in [-0.39, 0.29) is 5.69 Å².